The Bertz CT molecular complexity index is 378. The molecule has 0 bridgehead atoms. The second-order valence-electron chi connectivity index (χ2n) is 5.41. The first kappa shape index (κ1) is 13.8. The monoisotopic (exact) mass is 269 g/mol. The summed E-state index contributed by atoms with van der Waals surface area (Å²) < 4.78 is 5.71. The van der Waals surface area contributed by atoms with Crippen molar-refractivity contribution in [1.29, 1.82) is 0 Å². The molecule has 1 aliphatic rings. The second kappa shape index (κ2) is 5.57. The van der Waals surface area contributed by atoms with Crippen molar-refractivity contribution in [1.82, 2.24) is 5.32 Å². The summed E-state index contributed by atoms with van der Waals surface area (Å²) >= 11 is 5.86. The van der Waals surface area contributed by atoms with Crippen molar-refractivity contribution in [2.45, 2.75) is 38.0 Å². The van der Waals surface area contributed by atoms with Gasteiger partial charge in [-0.05, 0) is 38.0 Å². The lowest BCUT2D eigenvalue weighted by Crippen LogP contribution is -2.54. The van der Waals surface area contributed by atoms with Crippen molar-refractivity contribution >= 4 is 11.6 Å². The van der Waals surface area contributed by atoms with Gasteiger partial charge in [0, 0.05) is 17.6 Å². The normalized spacial score (nSPS) is 25.1. The summed E-state index contributed by atoms with van der Waals surface area (Å²) in [6.07, 6.45) is 0.773. The molecule has 0 spiro atoms. The highest BCUT2D eigenvalue weighted by Crippen LogP contribution is 2.17. The first-order valence-corrected chi connectivity index (χ1v) is 6.65. The van der Waals surface area contributed by atoms with Crippen LogP contribution in [0.25, 0.3) is 0 Å². The predicted molar refractivity (Wildman–Crippen MR) is 73.0 cm³/mol. The molecule has 1 fully saturated rings. The largest absolute Gasteiger partial charge is 0.388 e. The molecule has 100 valence electrons. The third-order valence-electron chi connectivity index (χ3n) is 3.27. The number of halogens is 1. The zero-order valence-electron chi connectivity index (χ0n) is 10.8. The summed E-state index contributed by atoms with van der Waals surface area (Å²) in [6.45, 7) is 4.86. The number of ether oxygens (including phenoxy) is 1. The van der Waals surface area contributed by atoms with E-state index in [1.165, 1.54) is 5.56 Å². The Hall–Kier alpha value is -0.610. The summed E-state index contributed by atoms with van der Waals surface area (Å²) in [5.74, 6) is 0. The van der Waals surface area contributed by atoms with E-state index < -0.39 is 5.60 Å². The molecular weight excluding hydrogens is 250 g/mol. The van der Waals surface area contributed by atoms with Crippen LogP contribution in [0.4, 0.5) is 0 Å². The van der Waals surface area contributed by atoms with Gasteiger partial charge in [-0.25, -0.2) is 0 Å². The molecule has 1 aromatic carbocycles. The van der Waals surface area contributed by atoms with E-state index in [1.54, 1.807) is 13.8 Å². The number of hydrogen-bond donors (Lipinski definition) is 2. The van der Waals surface area contributed by atoms with Gasteiger partial charge in [-0.3, -0.25) is 0 Å². The van der Waals surface area contributed by atoms with Crippen molar-refractivity contribution in [3.63, 3.8) is 0 Å². The highest BCUT2D eigenvalue weighted by molar-refractivity contribution is 6.30. The van der Waals surface area contributed by atoms with E-state index in [-0.39, 0.29) is 6.10 Å². The van der Waals surface area contributed by atoms with Crippen LogP contribution in [0.3, 0.4) is 0 Å². The highest BCUT2D eigenvalue weighted by atomic mass is 35.5. The molecule has 0 saturated carbocycles. The Morgan fingerprint density at radius 1 is 1.39 bits per heavy atom. The van der Waals surface area contributed by atoms with Crippen LogP contribution in [0.15, 0.2) is 24.3 Å². The SMILES string of the molecule is CC(C)(O)C1CNC(Cc2ccc(Cl)cc2)CO1. The van der Waals surface area contributed by atoms with Crippen molar-refractivity contribution in [3.05, 3.63) is 34.9 Å². The summed E-state index contributed by atoms with van der Waals surface area (Å²) in [5.41, 5.74) is 0.445. The van der Waals surface area contributed by atoms with E-state index in [1.807, 2.05) is 24.3 Å². The minimum atomic E-state index is -0.793. The molecule has 18 heavy (non-hydrogen) atoms. The molecular formula is C14H20ClNO2. The fourth-order valence-corrected chi connectivity index (χ4v) is 2.24. The summed E-state index contributed by atoms with van der Waals surface area (Å²) in [7, 11) is 0. The fourth-order valence-electron chi connectivity index (χ4n) is 2.11. The van der Waals surface area contributed by atoms with E-state index in [9.17, 15) is 5.11 Å². The maximum atomic E-state index is 9.87. The van der Waals surface area contributed by atoms with Crippen molar-refractivity contribution < 1.29 is 9.84 Å². The lowest BCUT2D eigenvalue weighted by molar-refractivity contribution is -0.109. The van der Waals surface area contributed by atoms with Gasteiger partial charge in [0.05, 0.1) is 18.3 Å². The average Bonchev–Trinajstić information content (AvgIpc) is 2.32. The number of nitrogens with one attached hydrogen (secondary N) is 1. The topological polar surface area (TPSA) is 41.5 Å². The van der Waals surface area contributed by atoms with Crippen LogP contribution in [-0.4, -0.2) is 36.0 Å². The first-order valence-electron chi connectivity index (χ1n) is 6.27. The van der Waals surface area contributed by atoms with Gasteiger partial charge in [0.15, 0.2) is 0 Å². The molecule has 3 nitrogen and oxygen atoms in total. The van der Waals surface area contributed by atoms with Gasteiger partial charge < -0.3 is 15.2 Å². The van der Waals surface area contributed by atoms with Crippen LogP contribution in [0.2, 0.25) is 5.02 Å². The van der Waals surface area contributed by atoms with Gasteiger partial charge in [0.1, 0.15) is 0 Å². The molecule has 4 heteroatoms. The van der Waals surface area contributed by atoms with Gasteiger partial charge >= 0.3 is 0 Å². The Kier molecular flexibility index (Phi) is 4.28. The lowest BCUT2D eigenvalue weighted by atomic mass is 9.98. The molecule has 0 aliphatic carbocycles. The molecule has 0 aromatic heterocycles. The van der Waals surface area contributed by atoms with E-state index in [4.69, 9.17) is 16.3 Å². The van der Waals surface area contributed by atoms with Crippen LogP contribution in [0, 0.1) is 0 Å². The third kappa shape index (κ3) is 3.69. The molecule has 2 rings (SSSR count). The minimum Gasteiger partial charge on any atom is -0.388 e. The van der Waals surface area contributed by atoms with E-state index in [0.717, 1.165) is 11.4 Å². The number of rotatable bonds is 3. The number of morpholine rings is 1. The number of benzene rings is 1. The van der Waals surface area contributed by atoms with Crippen LogP contribution >= 0.6 is 11.6 Å². The molecule has 1 aromatic rings. The Morgan fingerprint density at radius 3 is 2.56 bits per heavy atom. The zero-order chi connectivity index (χ0) is 13.2. The van der Waals surface area contributed by atoms with Crippen molar-refractivity contribution in [2.24, 2.45) is 0 Å². The first-order chi connectivity index (χ1) is 8.45. The maximum absolute atomic E-state index is 9.87. The van der Waals surface area contributed by atoms with Crippen LogP contribution < -0.4 is 5.32 Å². The molecule has 1 heterocycles. The molecule has 1 saturated heterocycles. The van der Waals surface area contributed by atoms with E-state index in [0.29, 0.717) is 19.2 Å². The molecule has 1 aliphatic heterocycles. The van der Waals surface area contributed by atoms with Gasteiger partial charge in [-0.1, -0.05) is 23.7 Å². The van der Waals surface area contributed by atoms with Crippen LogP contribution in [-0.2, 0) is 11.2 Å². The molecule has 0 amide bonds. The van der Waals surface area contributed by atoms with Crippen LogP contribution in [0.5, 0.6) is 0 Å². The molecule has 2 N–H and O–H groups in total. The standard InChI is InChI=1S/C14H20ClNO2/c1-14(2,17)13-8-16-12(9-18-13)7-10-3-5-11(15)6-4-10/h3-6,12-13,16-17H,7-9H2,1-2H3. The molecule has 0 radical (unpaired) electrons. The fraction of sp³-hybridized carbons (Fsp3) is 0.571. The van der Waals surface area contributed by atoms with Gasteiger partial charge in [-0.2, -0.15) is 0 Å². The predicted octanol–water partition coefficient (Wildman–Crippen LogP) is 2.01. The summed E-state index contributed by atoms with van der Waals surface area (Å²) in [6, 6.07) is 8.17. The highest BCUT2D eigenvalue weighted by Gasteiger charge is 2.31. The Balaban J connectivity index is 1.85. The summed E-state index contributed by atoms with van der Waals surface area (Å²) in [5, 5.41) is 14.0. The van der Waals surface area contributed by atoms with Crippen molar-refractivity contribution in [2.75, 3.05) is 13.2 Å². The van der Waals surface area contributed by atoms with Gasteiger partial charge in [-0.15, -0.1) is 0 Å². The number of hydrogen-bond acceptors (Lipinski definition) is 3. The Labute approximate surface area is 113 Å². The summed E-state index contributed by atoms with van der Waals surface area (Å²) in [4.78, 5) is 0. The minimum absolute atomic E-state index is 0.140. The average molecular weight is 270 g/mol. The quantitative estimate of drug-likeness (QED) is 0.882. The molecule has 2 atom stereocenters. The molecule has 2 unspecified atom stereocenters. The van der Waals surface area contributed by atoms with Crippen LogP contribution in [0.1, 0.15) is 19.4 Å². The number of aliphatic hydroxyl groups is 1. The smallest absolute Gasteiger partial charge is 0.0981 e. The lowest BCUT2D eigenvalue weighted by Gasteiger charge is -2.36. The van der Waals surface area contributed by atoms with E-state index in [2.05, 4.69) is 5.32 Å². The zero-order valence-corrected chi connectivity index (χ0v) is 11.6. The second-order valence-corrected chi connectivity index (χ2v) is 5.85. The van der Waals surface area contributed by atoms with Gasteiger partial charge in [0.25, 0.3) is 0 Å². The maximum Gasteiger partial charge on any atom is 0.0981 e. The van der Waals surface area contributed by atoms with Crippen molar-refractivity contribution in [3.8, 4) is 0 Å². The van der Waals surface area contributed by atoms with Gasteiger partial charge in [0.2, 0.25) is 0 Å². The third-order valence-corrected chi connectivity index (χ3v) is 3.53. The van der Waals surface area contributed by atoms with E-state index >= 15 is 0 Å². The Morgan fingerprint density at radius 2 is 2.06 bits per heavy atom.